The summed E-state index contributed by atoms with van der Waals surface area (Å²) in [5.41, 5.74) is 0.582. The highest BCUT2D eigenvalue weighted by atomic mass is 35.5. The first-order chi connectivity index (χ1) is 9.50. The molecule has 0 spiro atoms. The Hall–Kier alpha value is -0.350. The Morgan fingerprint density at radius 3 is 2.75 bits per heavy atom. The Kier molecular flexibility index (Phi) is 5.67. The van der Waals surface area contributed by atoms with E-state index in [-0.39, 0.29) is 23.1 Å². The van der Waals surface area contributed by atoms with Crippen LogP contribution in [0.25, 0.3) is 0 Å². The molecule has 3 unspecified atom stereocenters. The number of aliphatic hydroxyl groups excluding tert-OH is 1. The van der Waals surface area contributed by atoms with Gasteiger partial charge in [-0.1, -0.05) is 36.0 Å². The van der Waals surface area contributed by atoms with Gasteiger partial charge in [0.15, 0.2) is 0 Å². The van der Waals surface area contributed by atoms with Crippen LogP contribution in [0.1, 0.15) is 44.2 Å². The van der Waals surface area contributed by atoms with Gasteiger partial charge in [-0.25, -0.2) is 4.39 Å². The highest BCUT2D eigenvalue weighted by Gasteiger charge is 2.24. The molecule has 1 fully saturated rings. The zero-order valence-corrected chi connectivity index (χ0v) is 13.0. The van der Waals surface area contributed by atoms with E-state index in [4.69, 9.17) is 23.2 Å². The molecule has 1 saturated carbocycles. The first-order valence-electron chi connectivity index (χ1n) is 7.05. The Balaban J connectivity index is 2.01. The third-order valence-corrected chi connectivity index (χ3v) is 4.78. The topological polar surface area (TPSA) is 32.3 Å². The summed E-state index contributed by atoms with van der Waals surface area (Å²) < 4.78 is 13.5. The van der Waals surface area contributed by atoms with Gasteiger partial charge in [0, 0.05) is 23.2 Å². The van der Waals surface area contributed by atoms with Gasteiger partial charge < -0.3 is 10.4 Å². The monoisotopic (exact) mass is 319 g/mol. The number of hydrogen-bond donors (Lipinski definition) is 2. The van der Waals surface area contributed by atoms with Crippen LogP contribution in [0.2, 0.25) is 10.0 Å². The number of nitrogens with one attached hydrogen (secondary N) is 1. The van der Waals surface area contributed by atoms with Crippen molar-refractivity contribution in [1.29, 1.82) is 0 Å². The molecule has 0 saturated heterocycles. The van der Waals surface area contributed by atoms with Crippen LogP contribution in [0.3, 0.4) is 0 Å². The second-order valence-corrected chi connectivity index (χ2v) is 6.28. The largest absolute Gasteiger partial charge is 0.393 e. The highest BCUT2D eigenvalue weighted by molar-refractivity contribution is 6.36. The summed E-state index contributed by atoms with van der Waals surface area (Å²) in [7, 11) is 0. The summed E-state index contributed by atoms with van der Waals surface area (Å²) in [5.74, 6) is -0.213. The molecule has 112 valence electrons. The molecule has 2 rings (SSSR count). The lowest BCUT2D eigenvalue weighted by Crippen LogP contribution is -2.35. The fourth-order valence-electron chi connectivity index (χ4n) is 2.80. The van der Waals surface area contributed by atoms with E-state index in [0.29, 0.717) is 17.1 Å². The van der Waals surface area contributed by atoms with E-state index in [1.807, 2.05) is 6.92 Å². The molecule has 20 heavy (non-hydrogen) atoms. The predicted molar refractivity (Wildman–Crippen MR) is 80.8 cm³/mol. The lowest BCUT2D eigenvalue weighted by atomic mass is 9.86. The van der Waals surface area contributed by atoms with Gasteiger partial charge in [0.05, 0.1) is 11.1 Å². The molecule has 0 amide bonds. The van der Waals surface area contributed by atoms with Crippen molar-refractivity contribution in [2.45, 2.75) is 44.8 Å². The fraction of sp³-hybridized carbons (Fsp3) is 0.600. The fourth-order valence-corrected chi connectivity index (χ4v) is 3.49. The maximum Gasteiger partial charge on any atom is 0.142 e. The van der Waals surface area contributed by atoms with Crippen LogP contribution in [-0.4, -0.2) is 17.8 Å². The first kappa shape index (κ1) is 16.0. The van der Waals surface area contributed by atoms with Gasteiger partial charge in [-0.05, 0) is 37.8 Å². The Morgan fingerprint density at radius 1 is 1.35 bits per heavy atom. The van der Waals surface area contributed by atoms with E-state index in [1.165, 1.54) is 12.1 Å². The van der Waals surface area contributed by atoms with Crippen LogP contribution in [0.15, 0.2) is 12.1 Å². The lowest BCUT2D eigenvalue weighted by Gasteiger charge is -2.29. The molecule has 0 aromatic heterocycles. The molecule has 1 aromatic rings. The van der Waals surface area contributed by atoms with Gasteiger partial charge in [-0.2, -0.15) is 0 Å². The molecular weight excluding hydrogens is 300 g/mol. The van der Waals surface area contributed by atoms with Gasteiger partial charge >= 0.3 is 0 Å². The number of halogens is 3. The minimum atomic E-state index is -0.461. The standard InChI is InChI=1S/C15H20Cl2FNO/c1-9(14-11(16)6-7-12(18)15(14)17)19-8-10-4-2-3-5-13(10)20/h6-7,9-10,13,19-20H,2-5,8H2,1H3. The lowest BCUT2D eigenvalue weighted by molar-refractivity contribution is 0.0684. The maximum atomic E-state index is 13.5. The summed E-state index contributed by atoms with van der Waals surface area (Å²) in [6.45, 7) is 2.59. The predicted octanol–water partition coefficient (Wildman–Crippen LogP) is 4.33. The van der Waals surface area contributed by atoms with Gasteiger partial charge in [0.1, 0.15) is 5.82 Å². The molecule has 1 aliphatic rings. The van der Waals surface area contributed by atoms with E-state index in [0.717, 1.165) is 25.7 Å². The molecule has 3 atom stereocenters. The zero-order chi connectivity index (χ0) is 14.7. The van der Waals surface area contributed by atoms with Crippen LogP contribution in [0.5, 0.6) is 0 Å². The van der Waals surface area contributed by atoms with Crippen molar-refractivity contribution in [3.63, 3.8) is 0 Å². The van der Waals surface area contributed by atoms with Gasteiger partial charge in [-0.15, -0.1) is 0 Å². The Morgan fingerprint density at radius 2 is 2.05 bits per heavy atom. The second kappa shape index (κ2) is 7.08. The molecule has 2 nitrogen and oxygen atoms in total. The van der Waals surface area contributed by atoms with Crippen molar-refractivity contribution in [2.75, 3.05) is 6.54 Å². The van der Waals surface area contributed by atoms with Crippen molar-refractivity contribution < 1.29 is 9.50 Å². The Labute approximate surface area is 129 Å². The zero-order valence-electron chi connectivity index (χ0n) is 11.5. The van der Waals surface area contributed by atoms with E-state index >= 15 is 0 Å². The van der Waals surface area contributed by atoms with Crippen molar-refractivity contribution in [3.8, 4) is 0 Å². The Bertz CT molecular complexity index is 469. The first-order valence-corrected chi connectivity index (χ1v) is 7.81. The van der Waals surface area contributed by atoms with Gasteiger partial charge in [-0.3, -0.25) is 0 Å². The average molecular weight is 320 g/mol. The van der Waals surface area contributed by atoms with E-state index < -0.39 is 5.82 Å². The quantitative estimate of drug-likeness (QED) is 0.809. The molecule has 1 aliphatic carbocycles. The van der Waals surface area contributed by atoms with Crippen molar-refractivity contribution in [3.05, 3.63) is 33.6 Å². The van der Waals surface area contributed by atoms with Crippen molar-refractivity contribution in [1.82, 2.24) is 5.32 Å². The smallest absolute Gasteiger partial charge is 0.142 e. The van der Waals surface area contributed by atoms with Crippen LogP contribution >= 0.6 is 23.2 Å². The summed E-state index contributed by atoms with van der Waals surface area (Å²) >= 11 is 12.1. The molecule has 5 heteroatoms. The summed E-state index contributed by atoms with van der Waals surface area (Å²) in [6.07, 6.45) is 3.88. The average Bonchev–Trinajstić information content (AvgIpc) is 2.42. The number of hydrogen-bond acceptors (Lipinski definition) is 2. The molecule has 0 aliphatic heterocycles. The van der Waals surface area contributed by atoms with E-state index in [9.17, 15) is 9.50 Å². The summed E-state index contributed by atoms with van der Waals surface area (Å²) in [4.78, 5) is 0. The van der Waals surface area contributed by atoms with E-state index in [1.54, 1.807) is 0 Å². The number of benzene rings is 1. The molecular formula is C15H20Cl2FNO. The summed E-state index contributed by atoms with van der Waals surface area (Å²) in [6, 6.07) is 2.64. The molecule has 0 heterocycles. The normalized spacial score (nSPS) is 24.6. The minimum Gasteiger partial charge on any atom is -0.393 e. The SMILES string of the molecule is CC(NCC1CCCCC1O)c1c(Cl)ccc(F)c1Cl. The number of rotatable bonds is 4. The van der Waals surface area contributed by atoms with Crippen LogP contribution in [0, 0.1) is 11.7 Å². The third kappa shape index (κ3) is 3.64. The van der Waals surface area contributed by atoms with Crippen LogP contribution < -0.4 is 5.32 Å². The van der Waals surface area contributed by atoms with Crippen molar-refractivity contribution >= 4 is 23.2 Å². The second-order valence-electron chi connectivity index (χ2n) is 5.50. The van der Waals surface area contributed by atoms with Gasteiger partial charge in [0.2, 0.25) is 0 Å². The third-order valence-electron chi connectivity index (χ3n) is 4.07. The molecule has 0 bridgehead atoms. The van der Waals surface area contributed by atoms with E-state index in [2.05, 4.69) is 5.32 Å². The molecule has 0 radical (unpaired) electrons. The highest BCUT2D eigenvalue weighted by Crippen LogP contribution is 2.33. The molecule has 1 aromatic carbocycles. The summed E-state index contributed by atoms with van der Waals surface area (Å²) in [5, 5.41) is 13.8. The maximum absolute atomic E-state index is 13.5. The van der Waals surface area contributed by atoms with Crippen molar-refractivity contribution in [2.24, 2.45) is 5.92 Å². The number of aliphatic hydroxyl groups is 1. The molecule has 2 N–H and O–H groups in total. The van der Waals surface area contributed by atoms with Crippen LogP contribution in [0.4, 0.5) is 4.39 Å². The minimum absolute atomic E-state index is 0.0710. The van der Waals surface area contributed by atoms with Crippen LogP contribution in [-0.2, 0) is 0 Å². The van der Waals surface area contributed by atoms with Gasteiger partial charge in [0.25, 0.3) is 0 Å².